The molecule has 1 aromatic heterocycles. The fourth-order valence-electron chi connectivity index (χ4n) is 2.89. The Morgan fingerprint density at radius 1 is 1.03 bits per heavy atom. The molecule has 3 aromatic carbocycles. The van der Waals surface area contributed by atoms with Crippen molar-refractivity contribution in [1.29, 1.82) is 0 Å². The van der Waals surface area contributed by atoms with Crippen LogP contribution in [0.4, 0.5) is 0 Å². The maximum Gasteiger partial charge on any atom is 0.396 e. The summed E-state index contributed by atoms with van der Waals surface area (Å²) in [4.78, 5) is 23.7. The first kappa shape index (κ1) is 21.2. The van der Waals surface area contributed by atoms with Crippen LogP contribution in [0.15, 0.2) is 63.8 Å². The van der Waals surface area contributed by atoms with E-state index in [1.165, 1.54) is 6.07 Å². The van der Waals surface area contributed by atoms with Crippen molar-refractivity contribution in [3.63, 3.8) is 0 Å². The van der Waals surface area contributed by atoms with E-state index in [0.717, 1.165) is 16.9 Å². The van der Waals surface area contributed by atoms with E-state index in [0.29, 0.717) is 32.4 Å². The number of esters is 1. The minimum absolute atomic E-state index is 0.256. The van der Waals surface area contributed by atoms with Gasteiger partial charge in [-0.05, 0) is 42.0 Å². The third-order valence-corrected chi connectivity index (χ3v) is 5.58. The smallest absolute Gasteiger partial charge is 0.396 e. The number of carbonyl (C=O) groups is 1. The van der Waals surface area contributed by atoms with Crippen molar-refractivity contribution in [3.8, 4) is 28.4 Å². The van der Waals surface area contributed by atoms with Crippen LogP contribution in [0.2, 0.25) is 10.0 Å². The molecule has 0 aliphatic rings. The highest BCUT2D eigenvalue weighted by atomic mass is 35.5. The molecule has 9 heteroatoms. The SMILES string of the molecule is COc1ccc(-c2cc(OC(=O)COc3ccc(Cl)cc3Cl)cc3sc(=O)oc23)cc1. The minimum atomic E-state index is -0.637. The summed E-state index contributed by atoms with van der Waals surface area (Å²) in [6.45, 7) is -0.362. The van der Waals surface area contributed by atoms with Gasteiger partial charge in [-0.15, -0.1) is 0 Å². The van der Waals surface area contributed by atoms with Crippen molar-refractivity contribution in [2.45, 2.75) is 0 Å². The Balaban J connectivity index is 1.58. The lowest BCUT2D eigenvalue weighted by molar-refractivity contribution is -0.136. The van der Waals surface area contributed by atoms with Gasteiger partial charge in [0.05, 0.1) is 16.8 Å². The van der Waals surface area contributed by atoms with E-state index in [1.54, 1.807) is 43.5 Å². The summed E-state index contributed by atoms with van der Waals surface area (Å²) in [6.07, 6.45) is 0. The molecule has 4 rings (SSSR count). The average molecular weight is 477 g/mol. The Labute approximate surface area is 190 Å². The van der Waals surface area contributed by atoms with Gasteiger partial charge in [-0.3, -0.25) is 0 Å². The highest BCUT2D eigenvalue weighted by Gasteiger charge is 2.16. The second-order valence-corrected chi connectivity index (χ2v) is 8.14. The molecular formula is C22H14Cl2O6S. The summed E-state index contributed by atoms with van der Waals surface area (Å²) in [7, 11) is 1.57. The van der Waals surface area contributed by atoms with Gasteiger partial charge in [0.15, 0.2) is 12.2 Å². The van der Waals surface area contributed by atoms with E-state index in [4.69, 9.17) is 41.8 Å². The first-order valence-electron chi connectivity index (χ1n) is 8.93. The Morgan fingerprint density at radius 2 is 1.81 bits per heavy atom. The molecule has 0 spiro atoms. The predicted molar refractivity (Wildman–Crippen MR) is 120 cm³/mol. The number of hydrogen-bond acceptors (Lipinski definition) is 7. The van der Waals surface area contributed by atoms with Crippen LogP contribution in [-0.4, -0.2) is 19.7 Å². The number of halogens is 2. The Bertz CT molecular complexity index is 1310. The largest absolute Gasteiger partial charge is 0.497 e. The highest BCUT2D eigenvalue weighted by molar-refractivity contribution is 7.16. The summed E-state index contributed by atoms with van der Waals surface area (Å²) >= 11 is 12.8. The lowest BCUT2D eigenvalue weighted by Crippen LogP contribution is -2.17. The van der Waals surface area contributed by atoms with E-state index in [1.807, 2.05) is 12.1 Å². The molecule has 1 heterocycles. The zero-order valence-electron chi connectivity index (χ0n) is 16.0. The molecule has 0 radical (unpaired) electrons. The van der Waals surface area contributed by atoms with Gasteiger partial charge in [-0.2, -0.15) is 0 Å². The third-order valence-electron chi connectivity index (χ3n) is 4.28. The van der Waals surface area contributed by atoms with Crippen molar-refractivity contribution < 1.29 is 23.4 Å². The Morgan fingerprint density at radius 3 is 2.52 bits per heavy atom. The number of methoxy groups -OCH3 is 1. The summed E-state index contributed by atoms with van der Waals surface area (Å²) in [6, 6.07) is 15.1. The van der Waals surface area contributed by atoms with Gasteiger partial charge in [0.25, 0.3) is 0 Å². The number of rotatable bonds is 6. The molecule has 0 aliphatic heterocycles. The van der Waals surface area contributed by atoms with Crippen LogP contribution in [0.3, 0.4) is 0 Å². The molecule has 0 aliphatic carbocycles. The molecule has 158 valence electrons. The number of fused-ring (bicyclic) bond motifs is 1. The lowest BCUT2D eigenvalue weighted by Gasteiger charge is -2.10. The molecule has 0 atom stereocenters. The summed E-state index contributed by atoms with van der Waals surface area (Å²) < 4.78 is 21.9. The molecule has 0 fully saturated rings. The van der Waals surface area contributed by atoms with E-state index in [-0.39, 0.29) is 17.4 Å². The zero-order chi connectivity index (χ0) is 22.0. The van der Waals surface area contributed by atoms with E-state index in [9.17, 15) is 9.59 Å². The number of ether oxygens (including phenoxy) is 3. The summed E-state index contributed by atoms with van der Waals surface area (Å²) in [5, 5.41) is 0.741. The summed E-state index contributed by atoms with van der Waals surface area (Å²) in [5.74, 6) is 0.617. The van der Waals surface area contributed by atoms with Crippen LogP contribution in [-0.2, 0) is 4.79 Å². The van der Waals surface area contributed by atoms with Crippen molar-refractivity contribution in [3.05, 3.63) is 74.4 Å². The summed E-state index contributed by atoms with van der Waals surface area (Å²) in [5.41, 5.74) is 1.81. The third kappa shape index (κ3) is 4.85. The fraction of sp³-hybridized carbons (Fsp3) is 0.0909. The van der Waals surface area contributed by atoms with Gasteiger partial charge in [0.2, 0.25) is 0 Å². The Hall–Kier alpha value is -3.00. The van der Waals surface area contributed by atoms with E-state index in [2.05, 4.69) is 0 Å². The molecule has 0 bridgehead atoms. The first-order chi connectivity index (χ1) is 14.9. The van der Waals surface area contributed by atoms with Crippen LogP contribution >= 0.6 is 34.5 Å². The molecule has 4 aromatic rings. The highest BCUT2D eigenvalue weighted by Crippen LogP contribution is 2.35. The predicted octanol–water partition coefficient (Wildman–Crippen LogP) is 5.82. The van der Waals surface area contributed by atoms with Crippen LogP contribution in [0.25, 0.3) is 21.4 Å². The molecular weight excluding hydrogens is 463 g/mol. The van der Waals surface area contributed by atoms with Crippen LogP contribution in [0.1, 0.15) is 0 Å². The van der Waals surface area contributed by atoms with Crippen molar-refractivity contribution in [1.82, 2.24) is 0 Å². The van der Waals surface area contributed by atoms with Crippen molar-refractivity contribution in [2.75, 3.05) is 13.7 Å². The number of hydrogen-bond donors (Lipinski definition) is 0. The second kappa shape index (κ2) is 9.01. The maximum absolute atomic E-state index is 12.3. The van der Waals surface area contributed by atoms with Gasteiger partial charge >= 0.3 is 10.9 Å². The zero-order valence-corrected chi connectivity index (χ0v) is 18.3. The molecule has 0 unspecified atom stereocenters. The van der Waals surface area contributed by atoms with Crippen LogP contribution < -0.4 is 19.1 Å². The maximum atomic E-state index is 12.3. The van der Waals surface area contributed by atoms with Gasteiger partial charge in [-0.1, -0.05) is 46.7 Å². The van der Waals surface area contributed by atoms with Gasteiger partial charge < -0.3 is 18.6 Å². The minimum Gasteiger partial charge on any atom is -0.497 e. The molecule has 6 nitrogen and oxygen atoms in total. The topological polar surface area (TPSA) is 75.0 Å². The van der Waals surface area contributed by atoms with Gasteiger partial charge in [-0.25, -0.2) is 9.59 Å². The van der Waals surface area contributed by atoms with Crippen molar-refractivity contribution >= 4 is 50.8 Å². The lowest BCUT2D eigenvalue weighted by atomic mass is 10.0. The molecule has 0 N–H and O–H groups in total. The molecule has 31 heavy (non-hydrogen) atoms. The molecule has 0 saturated heterocycles. The standard InChI is InChI=1S/C22H14Cl2O6S/c1-27-14-5-2-12(3-6-14)16-9-15(10-19-21(16)30-22(26)31-19)29-20(25)11-28-18-7-4-13(23)8-17(18)24/h2-10H,11H2,1H3. The average Bonchev–Trinajstić information content (AvgIpc) is 3.12. The first-order valence-corrected chi connectivity index (χ1v) is 10.5. The van der Waals surface area contributed by atoms with E-state index >= 15 is 0 Å². The van der Waals surface area contributed by atoms with E-state index < -0.39 is 10.9 Å². The van der Waals surface area contributed by atoms with Gasteiger partial charge in [0, 0.05) is 16.7 Å². The number of benzene rings is 3. The Kier molecular flexibility index (Phi) is 6.18. The molecule has 0 amide bonds. The normalized spacial score (nSPS) is 10.8. The fourth-order valence-corrected chi connectivity index (χ4v) is 4.07. The van der Waals surface area contributed by atoms with Gasteiger partial charge in [0.1, 0.15) is 17.2 Å². The quantitative estimate of drug-likeness (QED) is 0.257. The molecule has 0 saturated carbocycles. The van der Waals surface area contributed by atoms with Crippen molar-refractivity contribution in [2.24, 2.45) is 0 Å². The monoisotopic (exact) mass is 476 g/mol. The van der Waals surface area contributed by atoms with Crippen LogP contribution in [0.5, 0.6) is 17.2 Å². The second-order valence-electron chi connectivity index (χ2n) is 6.32. The van der Waals surface area contributed by atoms with Crippen LogP contribution in [0, 0.1) is 0 Å². The number of carbonyl (C=O) groups excluding carboxylic acids is 1.